The van der Waals surface area contributed by atoms with Gasteiger partial charge in [-0.1, -0.05) is 90.5 Å². The van der Waals surface area contributed by atoms with E-state index >= 15 is 0 Å². The third-order valence-electron chi connectivity index (χ3n) is 7.05. The Labute approximate surface area is 271 Å². The van der Waals surface area contributed by atoms with Gasteiger partial charge in [0.1, 0.15) is 12.6 Å². The molecule has 0 saturated carbocycles. The van der Waals surface area contributed by atoms with E-state index in [0.29, 0.717) is 15.9 Å². The van der Waals surface area contributed by atoms with E-state index in [1.54, 1.807) is 74.5 Å². The summed E-state index contributed by atoms with van der Waals surface area (Å²) >= 11 is 6.34. The largest absolute Gasteiger partial charge is 0.416 e. The number of carbonyl (C=O) groups is 2. The van der Waals surface area contributed by atoms with Crippen LogP contribution in [0.2, 0.25) is 5.02 Å². The van der Waals surface area contributed by atoms with Crippen molar-refractivity contribution in [3.05, 3.63) is 131 Å². The number of anilines is 1. The zero-order chi connectivity index (χ0) is 33.5. The third-order valence-corrected chi connectivity index (χ3v) is 9.14. The molecule has 12 heteroatoms. The lowest BCUT2D eigenvalue weighted by Crippen LogP contribution is -2.54. The number of amides is 2. The highest BCUT2D eigenvalue weighted by Gasteiger charge is 2.37. The fraction of sp³-hybridized carbons (Fsp3) is 0.235. The molecule has 0 aromatic heterocycles. The average molecular weight is 672 g/mol. The number of hydrogen-bond donors (Lipinski definition) is 1. The van der Waals surface area contributed by atoms with E-state index in [-0.39, 0.29) is 28.9 Å². The van der Waals surface area contributed by atoms with E-state index in [1.807, 2.05) is 6.07 Å². The van der Waals surface area contributed by atoms with Crippen molar-refractivity contribution < 1.29 is 31.2 Å². The number of hydrogen-bond acceptors (Lipinski definition) is 4. The lowest BCUT2D eigenvalue weighted by molar-refractivity contribution is -0.140. The normalized spacial score (nSPS) is 12.4. The summed E-state index contributed by atoms with van der Waals surface area (Å²) in [6.45, 7) is 2.51. The maximum atomic E-state index is 14.4. The van der Waals surface area contributed by atoms with Crippen molar-refractivity contribution in [3.8, 4) is 0 Å². The molecule has 0 aliphatic rings. The molecule has 242 valence electrons. The quantitative estimate of drug-likeness (QED) is 0.181. The molecule has 46 heavy (non-hydrogen) atoms. The second-order valence-corrected chi connectivity index (χ2v) is 13.1. The Kier molecular flexibility index (Phi) is 11.1. The number of halogens is 4. The van der Waals surface area contributed by atoms with E-state index in [2.05, 4.69) is 5.32 Å². The van der Waals surface area contributed by atoms with Crippen molar-refractivity contribution in [2.24, 2.45) is 0 Å². The minimum absolute atomic E-state index is 0.0851. The van der Waals surface area contributed by atoms with Crippen LogP contribution in [0.3, 0.4) is 0 Å². The van der Waals surface area contributed by atoms with Gasteiger partial charge in [0.15, 0.2) is 0 Å². The number of alkyl halides is 3. The molecule has 0 unspecified atom stereocenters. The highest BCUT2D eigenvalue weighted by molar-refractivity contribution is 7.92. The van der Waals surface area contributed by atoms with Gasteiger partial charge in [-0.3, -0.25) is 13.9 Å². The molecule has 0 aliphatic heterocycles. The van der Waals surface area contributed by atoms with Crippen LogP contribution >= 0.6 is 11.6 Å². The van der Waals surface area contributed by atoms with Crippen LogP contribution in [0, 0.1) is 0 Å². The summed E-state index contributed by atoms with van der Waals surface area (Å²) in [5.74, 6) is -1.30. The Bertz CT molecular complexity index is 1740. The molecule has 0 saturated heterocycles. The molecule has 1 N–H and O–H groups in total. The zero-order valence-corrected chi connectivity index (χ0v) is 26.7. The first-order valence-corrected chi connectivity index (χ1v) is 16.2. The fourth-order valence-electron chi connectivity index (χ4n) is 4.83. The summed E-state index contributed by atoms with van der Waals surface area (Å²) in [6, 6.07) is 25.7. The Morgan fingerprint density at radius 2 is 1.37 bits per heavy atom. The van der Waals surface area contributed by atoms with Crippen molar-refractivity contribution in [1.82, 2.24) is 10.2 Å². The molecule has 2 amide bonds. The second kappa shape index (κ2) is 14.8. The van der Waals surface area contributed by atoms with Gasteiger partial charge in [0.2, 0.25) is 11.8 Å². The van der Waals surface area contributed by atoms with E-state index in [4.69, 9.17) is 11.6 Å². The van der Waals surface area contributed by atoms with Crippen LogP contribution in [0.4, 0.5) is 18.9 Å². The molecule has 7 nitrogen and oxygen atoms in total. The molecule has 0 fully saturated rings. The van der Waals surface area contributed by atoms with Crippen LogP contribution in [0.15, 0.2) is 114 Å². The second-order valence-electron chi connectivity index (χ2n) is 10.9. The van der Waals surface area contributed by atoms with Gasteiger partial charge in [-0.2, -0.15) is 13.2 Å². The van der Waals surface area contributed by atoms with E-state index < -0.39 is 51.9 Å². The van der Waals surface area contributed by atoms with Crippen LogP contribution in [0.1, 0.15) is 30.5 Å². The Balaban J connectivity index is 1.86. The molecule has 0 radical (unpaired) electrons. The van der Waals surface area contributed by atoms with Gasteiger partial charge in [-0.15, -0.1) is 0 Å². The third kappa shape index (κ3) is 8.67. The lowest BCUT2D eigenvalue weighted by atomic mass is 10.0. The van der Waals surface area contributed by atoms with E-state index in [1.165, 1.54) is 29.2 Å². The van der Waals surface area contributed by atoms with E-state index in [0.717, 1.165) is 17.7 Å². The molecule has 0 heterocycles. The highest BCUT2D eigenvalue weighted by atomic mass is 35.5. The molecule has 4 rings (SSSR count). The minimum Gasteiger partial charge on any atom is -0.352 e. The van der Waals surface area contributed by atoms with Crippen molar-refractivity contribution in [1.29, 1.82) is 0 Å². The van der Waals surface area contributed by atoms with Gasteiger partial charge >= 0.3 is 6.18 Å². The van der Waals surface area contributed by atoms with Gasteiger partial charge in [0, 0.05) is 19.0 Å². The van der Waals surface area contributed by atoms with Crippen LogP contribution in [0.25, 0.3) is 0 Å². The Morgan fingerprint density at radius 1 is 0.826 bits per heavy atom. The highest BCUT2D eigenvalue weighted by Crippen LogP contribution is 2.37. The van der Waals surface area contributed by atoms with E-state index in [9.17, 15) is 31.2 Å². The lowest BCUT2D eigenvalue weighted by Gasteiger charge is -2.34. The smallest absolute Gasteiger partial charge is 0.352 e. The molecular weight excluding hydrogens is 639 g/mol. The molecular formula is C34H33ClF3N3O4S. The first-order valence-electron chi connectivity index (χ1n) is 14.4. The van der Waals surface area contributed by atoms with Crippen LogP contribution in [-0.4, -0.2) is 43.8 Å². The van der Waals surface area contributed by atoms with Crippen LogP contribution < -0.4 is 9.62 Å². The Morgan fingerprint density at radius 3 is 1.91 bits per heavy atom. The number of rotatable bonds is 12. The number of benzene rings is 4. The SMILES string of the molecule is CC(C)NC(=O)[C@H](Cc1ccccc1)N(Cc1ccccc1)C(=O)CN(c1cc(C(F)(F)F)ccc1Cl)S(=O)(=O)c1ccccc1. The van der Waals surface area contributed by atoms with Crippen molar-refractivity contribution in [3.63, 3.8) is 0 Å². The first kappa shape index (κ1) is 34.5. The maximum absolute atomic E-state index is 14.4. The molecule has 4 aromatic carbocycles. The van der Waals surface area contributed by atoms with Gasteiger partial charge in [0.25, 0.3) is 10.0 Å². The standard InChI is InChI=1S/C34H33ClF3N3O4S/c1-24(2)39-33(43)31(20-25-12-6-3-7-13-25)40(22-26-14-8-4-9-15-26)32(42)23-41(46(44,45)28-16-10-5-11-17-28)30-21-27(34(36,37)38)18-19-29(30)35/h3-19,21,24,31H,20,22-23H2,1-2H3,(H,39,43)/t31-/m0/s1. The van der Waals surface area contributed by atoms with Crippen LogP contribution in [0.5, 0.6) is 0 Å². The Hall–Kier alpha value is -4.35. The average Bonchev–Trinajstić information content (AvgIpc) is 3.02. The number of nitrogens with zero attached hydrogens (tertiary/aromatic N) is 2. The predicted octanol–water partition coefficient (Wildman–Crippen LogP) is 6.72. The van der Waals surface area contributed by atoms with Gasteiger partial charge in [-0.25, -0.2) is 8.42 Å². The fourth-order valence-corrected chi connectivity index (χ4v) is 6.54. The maximum Gasteiger partial charge on any atom is 0.416 e. The van der Waals surface area contributed by atoms with Gasteiger partial charge in [-0.05, 0) is 55.3 Å². The number of sulfonamides is 1. The molecule has 1 atom stereocenters. The zero-order valence-electron chi connectivity index (χ0n) is 25.1. The molecule has 0 aliphatic carbocycles. The van der Waals surface area contributed by atoms with Crippen molar-refractivity contribution in [2.75, 3.05) is 10.8 Å². The summed E-state index contributed by atoms with van der Waals surface area (Å²) in [5.41, 5.74) is -0.278. The number of nitrogens with one attached hydrogen (secondary N) is 1. The topological polar surface area (TPSA) is 86.8 Å². The molecule has 0 bridgehead atoms. The monoisotopic (exact) mass is 671 g/mol. The van der Waals surface area contributed by atoms with Crippen LogP contribution in [-0.2, 0) is 38.8 Å². The van der Waals surface area contributed by atoms with Crippen molar-refractivity contribution >= 4 is 39.1 Å². The summed E-state index contributed by atoms with van der Waals surface area (Å²) in [6.07, 6.45) is -4.73. The first-order chi connectivity index (χ1) is 21.8. The minimum atomic E-state index is -4.82. The molecule has 0 spiro atoms. The van der Waals surface area contributed by atoms with Gasteiger partial charge < -0.3 is 10.2 Å². The molecule has 4 aromatic rings. The van der Waals surface area contributed by atoms with Gasteiger partial charge in [0.05, 0.1) is 21.2 Å². The summed E-state index contributed by atoms with van der Waals surface area (Å²) < 4.78 is 70.0. The summed E-state index contributed by atoms with van der Waals surface area (Å²) in [5, 5.41) is 2.54. The number of carbonyl (C=O) groups excluding carboxylic acids is 2. The van der Waals surface area contributed by atoms with Crippen molar-refractivity contribution in [2.45, 2.75) is 50.0 Å². The predicted molar refractivity (Wildman–Crippen MR) is 172 cm³/mol. The summed E-state index contributed by atoms with van der Waals surface area (Å²) in [7, 11) is -4.63. The summed E-state index contributed by atoms with van der Waals surface area (Å²) in [4.78, 5) is 29.1.